The third-order valence-corrected chi connectivity index (χ3v) is 9.03. The van der Waals surface area contributed by atoms with Crippen molar-refractivity contribution >= 4 is 29.2 Å². The highest BCUT2D eigenvalue weighted by Crippen LogP contribution is 2.62. The van der Waals surface area contributed by atoms with Gasteiger partial charge in [0.2, 0.25) is 5.91 Å². The molecule has 0 aromatic heterocycles. The van der Waals surface area contributed by atoms with E-state index in [9.17, 15) is 18.8 Å². The molecule has 6 heteroatoms. The first kappa shape index (κ1) is 26.1. The molecule has 1 spiro atoms. The molecule has 3 aliphatic heterocycles. The maximum atomic E-state index is 14.8. The smallest absolute Gasteiger partial charge is 0.238 e. The zero-order valence-corrected chi connectivity index (χ0v) is 23.1. The number of nitrogens with one attached hydrogen (secondary N) is 1. The predicted molar refractivity (Wildman–Crippen MR) is 160 cm³/mol. The summed E-state index contributed by atoms with van der Waals surface area (Å²) < 4.78 is 13.9. The average molecular weight is 557 g/mol. The van der Waals surface area contributed by atoms with E-state index in [0.717, 1.165) is 29.5 Å². The van der Waals surface area contributed by atoms with E-state index in [4.69, 9.17) is 0 Å². The van der Waals surface area contributed by atoms with E-state index in [0.29, 0.717) is 16.8 Å². The van der Waals surface area contributed by atoms with Crippen LogP contribution in [0.25, 0.3) is 6.08 Å². The number of aryl methyl sites for hydroxylation is 1. The molecule has 3 heterocycles. The van der Waals surface area contributed by atoms with E-state index >= 15 is 0 Å². The molecule has 4 aromatic rings. The zero-order valence-electron chi connectivity index (χ0n) is 23.1. The minimum Gasteiger partial charge on any atom is -0.358 e. The molecule has 1 saturated heterocycles. The molecule has 0 saturated carbocycles. The number of nitrogens with zero attached hydrogens (tertiary/aromatic N) is 1. The number of ketones is 2. The van der Waals surface area contributed by atoms with Crippen LogP contribution in [0.4, 0.5) is 10.1 Å². The van der Waals surface area contributed by atoms with Crippen molar-refractivity contribution in [3.05, 3.63) is 142 Å². The summed E-state index contributed by atoms with van der Waals surface area (Å²) >= 11 is 0. The molecule has 1 amide bonds. The lowest BCUT2D eigenvalue weighted by Gasteiger charge is -2.38. The topological polar surface area (TPSA) is 66.5 Å². The van der Waals surface area contributed by atoms with Gasteiger partial charge in [0.15, 0.2) is 11.6 Å². The van der Waals surface area contributed by atoms with E-state index in [-0.39, 0.29) is 23.0 Å². The molecular weight excluding hydrogens is 527 g/mol. The van der Waals surface area contributed by atoms with Gasteiger partial charge in [-0.3, -0.25) is 14.4 Å². The Morgan fingerprint density at radius 2 is 1.52 bits per heavy atom. The standard InChI is InChI=1S/C36H29FN2O3/c1-2-7-22-12-14-24(15-13-22)32(40)30-31(33(41)25-16-18-26(37)19-17-25)39-21-20-23-8-3-4-9-27(23)34(39)36(30)28-10-5-6-11-29(28)38-35(36)42/h3-6,8-21,30-31,34H,2,7H2,1H3,(H,38,42)/t30-,31+,34-,36-/m0/s1. The van der Waals surface area contributed by atoms with E-state index < -0.39 is 29.2 Å². The van der Waals surface area contributed by atoms with Gasteiger partial charge in [-0.15, -0.1) is 0 Å². The molecule has 42 heavy (non-hydrogen) atoms. The van der Waals surface area contributed by atoms with Gasteiger partial charge in [0, 0.05) is 23.0 Å². The summed E-state index contributed by atoms with van der Waals surface area (Å²) in [7, 11) is 0. The number of fused-ring (bicyclic) bond motifs is 6. The summed E-state index contributed by atoms with van der Waals surface area (Å²) in [4.78, 5) is 45.7. The maximum absolute atomic E-state index is 14.8. The molecule has 0 aliphatic carbocycles. The molecule has 0 unspecified atom stereocenters. The second kappa shape index (κ2) is 9.91. The third kappa shape index (κ3) is 3.71. The summed E-state index contributed by atoms with van der Waals surface area (Å²) in [6.45, 7) is 2.10. The van der Waals surface area contributed by atoms with Gasteiger partial charge in [0.25, 0.3) is 0 Å². The van der Waals surface area contributed by atoms with Crippen LogP contribution in [0.15, 0.2) is 103 Å². The van der Waals surface area contributed by atoms with Crippen molar-refractivity contribution in [2.24, 2.45) is 5.92 Å². The van der Waals surface area contributed by atoms with Crippen LogP contribution < -0.4 is 5.32 Å². The van der Waals surface area contributed by atoms with Gasteiger partial charge in [0.05, 0.1) is 12.0 Å². The molecule has 208 valence electrons. The van der Waals surface area contributed by atoms with Gasteiger partial charge in [0.1, 0.15) is 17.3 Å². The maximum Gasteiger partial charge on any atom is 0.238 e. The first-order valence-electron chi connectivity index (χ1n) is 14.3. The Hall–Kier alpha value is -4.84. The first-order chi connectivity index (χ1) is 20.4. The lowest BCUT2D eigenvalue weighted by Crippen LogP contribution is -2.49. The lowest BCUT2D eigenvalue weighted by molar-refractivity contribution is -0.122. The van der Waals surface area contributed by atoms with Crippen molar-refractivity contribution < 1.29 is 18.8 Å². The minimum atomic E-state index is -1.39. The molecule has 1 N–H and O–H groups in total. The number of halogens is 1. The summed E-state index contributed by atoms with van der Waals surface area (Å²) in [6.07, 6.45) is 5.63. The summed E-state index contributed by atoms with van der Waals surface area (Å²) in [6, 6.07) is 26.5. The molecule has 3 aliphatic rings. The van der Waals surface area contributed by atoms with Gasteiger partial charge in [-0.05, 0) is 65.1 Å². The Bertz CT molecular complexity index is 1760. The Kier molecular flexibility index (Phi) is 6.15. The van der Waals surface area contributed by atoms with Crippen molar-refractivity contribution in [3.8, 4) is 0 Å². The van der Waals surface area contributed by atoms with E-state index in [1.54, 1.807) is 12.1 Å². The minimum absolute atomic E-state index is 0.273. The van der Waals surface area contributed by atoms with Crippen LogP contribution in [-0.2, 0) is 16.6 Å². The summed E-state index contributed by atoms with van der Waals surface area (Å²) in [5.41, 5.74) is 3.60. The van der Waals surface area contributed by atoms with Crippen LogP contribution in [0.1, 0.15) is 62.4 Å². The fraction of sp³-hybridized carbons (Fsp3) is 0.194. The van der Waals surface area contributed by atoms with Crippen LogP contribution in [-0.4, -0.2) is 28.4 Å². The fourth-order valence-corrected chi connectivity index (χ4v) is 7.26. The largest absolute Gasteiger partial charge is 0.358 e. The number of para-hydroxylation sites is 1. The SMILES string of the molecule is CCCc1ccc(C(=O)[C@@H]2[C@H](C(=O)c3ccc(F)cc3)N3C=Cc4ccccc4[C@H]3[C@@]23C(=O)Nc2ccccc23)cc1. The Balaban J connectivity index is 1.50. The van der Waals surface area contributed by atoms with Gasteiger partial charge < -0.3 is 10.2 Å². The second-order valence-electron chi connectivity index (χ2n) is 11.3. The number of benzene rings is 4. The van der Waals surface area contributed by atoms with Crippen LogP contribution in [0.5, 0.6) is 0 Å². The highest BCUT2D eigenvalue weighted by atomic mass is 19.1. The molecule has 1 fully saturated rings. The van der Waals surface area contributed by atoms with Crippen LogP contribution in [0.2, 0.25) is 0 Å². The summed E-state index contributed by atoms with van der Waals surface area (Å²) in [5, 5.41) is 3.06. The van der Waals surface area contributed by atoms with E-state index in [2.05, 4.69) is 12.2 Å². The Morgan fingerprint density at radius 1 is 0.857 bits per heavy atom. The predicted octanol–water partition coefficient (Wildman–Crippen LogP) is 6.76. The van der Waals surface area contributed by atoms with Crippen molar-refractivity contribution in [2.75, 3.05) is 5.32 Å². The fourth-order valence-electron chi connectivity index (χ4n) is 7.26. The highest BCUT2D eigenvalue weighted by Gasteiger charge is 2.70. The van der Waals surface area contributed by atoms with E-state index in [1.807, 2.05) is 77.8 Å². The Labute approximate surface area is 243 Å². The van der Waals surface area contributed by atoms with Crippen LogP contribution >= 0.6 is 0 Å². The number of rotatable bonds is 6. The molecule has 5 nitrogen and oxygen atoms in total. The molecule has 7 rings (SSSR count). The van der Waals surface area contributed by atoms with Gasteiger partial charge in [-0.2, -0.15) is 0 Å². The Morgan fingerprint density at radius 3 is 2.29 bits per heavy atom. The number of amides is 1. The molecule has 4 aromatic carbocycles. The molecule has 0 radical (unpaired) electrons. The number of anilines is 1. The molecule has 0 bridgehead atoms. The van der Waals surface area contributed by atoms with Crippen molar-refractivity contribution in [2.45, 2.75) is 37.3 Å². The number of carbonyl (C=O) groups excluding carboxylic acids is 3. The third-order valence-electron chi connectivity index (χ3n) is 9.03. The normalized spacial score (nSPS) is 23.3. The first-order valence-corrected chi connectivity index (χ1v) is 14.3. The highest BCUT2D eigenvalue weighted by molar-refractivity contribution is 6.16. The number of Topliss-reactive ketones (excluding diaryl/α,β-unsaturated/α-hetero) is 2. The number of carbonyl (C=O) groups is 3. The van der Waals surface area contributed by atoms with Crippen LogP contribution in [0.3, 0.4) is 0 Å². The molecule has 4 atom stereocenters. The average Bonchev–Trinajstić information content (AvgIpc) is 3.49. The van der Waals surface area contributed by atoms with Gasteiger partial charge in [-0.1, -0.05) is 80.1 Å². The van der Waals surface area contributed by atoms with Gasteiger partial charge >= 0.3 is 0 Å². The quantitative estimate of drug-likeness (QED) is 0.267. The monoisotopic (exact) mass is 556 g/mol. The zero-order chi connectivity index (χ0) is 29.0. The van der Waals surface area contributed by atoms with Crippen molar-refractivity contribution in [3.63, 3.8) is 0 Å². The van der Waals surface area contributed by atoms with Crippen LogP contribution in [0, 0.1) is 11.7 Å². The van der Waals surface area contributed by atoms with Crippen molar-refractivity contribution in [1.82, 2.24) is 4.90 Å². The number of hydrogen-bond donors (Lipinski definition) is 1. The van der Waals surface area contributed by atoms with Gasteiger partial charge in [-0.25, -0.2) is 4.39 Å². The van der Waals surface area contributed by atoms with E-state index in [1.165, 1.54) is 24.3 Å². The summed E-state index contributed by atoms with van der Waals surface area (Å²) in [5.74, 6) is -2.43. The molecular formula is C36H29FN2O3. The van der Waals surface area contributed by atoms with Crippen molar-refractivity contribution in [1.29, 1.82) is 0 Å². The lowest BCUT2D eigenvalue weighted by atomic mass is 9.62. The number of hydrogen-bond acceptors (Lipinski definition) is 4. The second-order valence-corrected chi connectivity index (χ2v) is 11.3.